The van der Waals surface area contributed by atoms with Crippen molar-refractivity contribution in [3.05, 3.63) is 83.4 Å². The van der Waals surface area contributed by atoms with Gasteiger partial charge in [-0.15, -0.1) is 0 Å². The van der Waals surface area contributed by atoms with Crippen LogP contribution in [0.5, 0.6) is 0 Å². The van der Waals surface area contributed by atoms with Gasteiger partial charge in [0.05, 0.1) is 22.4 Å². The second-order valence-corrected chi connectivity index (χ2v) is 9.47. The van der Waals surface area contributed by atoms with Crippen LogP contribution in [0.2, 0.25) is 0 Å². The second kappa shape index (κ2) is 7.21. The molecule has 0 spiro atoms. The van der Waals surface area contributed by atoms with E-state index in [1.807, 2.05) is 42.5 Å². The number of nitrogens with zero attached hydrogens (tertiary/aromatic N) is 2. The molecule has 0 saturated heterocycles. The summed E-state index contributed by atoms with van der Waals surface area (Å²) in [6, 6.07) is 21.9. The third-order valence-electron chi connectivity index (χ3n) is 5.55. The van der Waals surface area contributed by atoms with Crippen molar-refractivity contribution >= 4 is 43.7 Å². The molecule has 6 nitrogen and oxygen atoms in total. The molecule has 3 aromatic carbocycles. The Balaban J connectivity index is 1.22. The van der Waals surface area contributed by atoms with Crippen molar-refractivity contribution in [2.45, 2.75) is 5.75 Å². The first-order chi connectivity index (χ1) is 15.2. The zero-order chi connectivity index (χ0) is 20.8. The third kappa shape index (κ3) is 3.23. The number of amides is 1. The van der Waals surface area contributed by atoms with Crippen molar-refractivity contribution in [3.8, 4) is 11.5 Å². The van der Waals surface area contributed by atoms with Crippen LogP contribution in [-0.2, 0) is 5.75 Å². The van der Waals surface area contributed by atoms with Gasteiger partial charge in [0.25, 0.3) is 5.91 Å². The quantitative estimate of drug-likeness (QED) is 0.373. The normalized spacial score (nSPS) is 15.2. The van der Waals surface area contributed by atoms with Crippen molar-refractivity contribution in [2.24, 2.45) is 0 Å². The molecule has 1 amide bonds. The number of rotatable bonds is 4. The number of para-hydroxylation sites is 1. The Morgan fingerprint density at radius 1 is 1.03 bits per heavy atom. The zero-order valence-corrected chi connectivity index (χ0v) is 17.4. The number of carbonyl (C=O) groups is 1. The Bertz CT molecular complexity index is 1500. The molecule has 1 unspecified atom stereocenters. The number of benzene rings is 3. The highest BCUT2D eigenvalue weighted by Crippen LogP contribution is 2.29. The van der Waals surface area contributed by atoms with Gasteiger partial charge >= 0.3 is 0 Å². The highest BCUT2D eigenvalue weighted by Gasteiger charge is 2.15. The largest absolute Gasteiger partial charge is 0.343 e. The van der Waals surface area contributed by atoms with Crippen LogP contribution in [0.25, 0.3) is 33.5 Å². The van der Waals surface area contributed by atoms with E-state index in [-0.39, 0.29) is 16.4 Å². The number of hydrogen-bond donors (Lipinski definition) is 3. The number of carbonyl (C=O) groups excluding carboxylic acids is 1. The lowest BCUT2D eigenvalue weighted by Gasteiger charge is -2.07. The summed E-state index contributed by atoms with van der Waals surface area (Å²) in [5.74, 6) is 2.26. The van der Waals surface area contributed by atoms with Crippen molar-refractivity contribution in [1.29, 1.82) is 0 Å². The molecule has 2 aromatic heterocycles. The van der Waals surface area contributed by atoms with E-state index in [1.165, 1.54) is 11.1 Å². The Hall–Kier alpha value is -3.71. The van der Waals surface area contributed by atoms with E-state index in [4.69, 9.17) is 0 Å². The van der Waals surface area contributed by atoms with Crippen molar-refractivity contribution in [2.75, 3.05) is 5.88 Å². The topological polar surface area (TPSA) is 86.5 Å². The summed E-state index contributed by atoms with van der Waals surface area (Å²) in [6.07, 6.45) is 0. The first kappa shape index (κ1) is 18.1. The zero-order valence-electron chi connectivity index (χ0n) is 16.6. The maximum atomic E-state index is 12.8. The molecule has 1 aliphatic rings. The van der Waals surface area contributed by atoms with Crippen LogP contribution in [0, 0.1) is 0 Å². The summed E-state index contributed by atoms with van der Waals surface area (Å²) in [7, 11) is 0.0362. The Morgan fingerprint density at radius 3 is 2.84 bits per heavy atom. The standard InChI is InChI=1S/C24H19N5OS/c30-24(25-14-31-12-16-5-1-2-6-17(16)13-31)15-9-10-20-21(11-15)27-23(26-20)22-18-7-3-4-8-19(18)28-29-22/h1-12H,13-14H2,(H,25,30)(H,26,27)(H,28,29). The Kier molecular flexibility index (Phi) is 4.21. The predicted octanol–water partition coefficient (Wildman–Crippen LogP) is 4.43. The molecular weight excluding hydrogens is 406 g/mol. The van der Waals surface area contributed by atoms with Crippen LogP contribution in [0.3, 0.4) is 0 Å². The van der Waals surface area contributed by atoms with Gasteiger partial charge in [-0.3, -0.25) is 9.89 Å². The van der Waals surface area contributed by atoms with Crippen LogP contribution < -0.4 is 5.32 Å². The molecule has 5 aromatic rings. The van der Waals surface area contributed by atoms with Gasteiger partial charge in [0.1, 0.15) is 5.69 Å². The Labute approximate surface area is 180 Å². The summed E-state index contributed by atoms with van der Waals surface area (Å²) in [5.41, 5.74) is 6.63. The van der Waals surface area contributed by atoms with Crippen LogP contribution >= 0.6 is 10.5 Å². The molecule has 0 bridgehead atoms. The minimum atomic E-state index is -0.0693. The SMILES string of the molecule is O=C(NCS1=Cc2ccccc2C1)c1ccc2nc(-c3n[nH]c4ccccc34)[nH]c2c1. The summed E-state index contributed by atoms with van der Waals surface area (Å²) in [5, 5.41) is 13.8. The molecule has 6 rings (SSSR count). The van der Waals surface area contributed by atoms with Crippen molar-refractivity contribution < 1.29 is 4.79 Å². The van der Waals surface area contributed by atoms with Crippen LogP contribution in [0.15, 0.2) is 66.7 Å². The van der Waals surface area contributed by atoms with Gasteiger partial charge in [0.15, 0.2) is 5.82 Å². The molecule has 31 heavy (non-hydrogen) atoms. The van der Waals surface area contributed by atoms with Gasteiger partial charge in [-0.05, 0) is 40.8 Å². The lowest BCUT2D eigenvalue weighted by atomic mass is 10.1. The number of fused-ring (bicyclic) bond motifs is 3. The van der Waals surface area contributed by atoms with E-state index in [2.05, 4.69) is 55.1 Å². The van der Waals surface area contributed by atoms with Crippen LogP contribution in [0.1, 0.15) is 21.5 Å². The number of aromatic nitrogens is 4. The smallest absolute Gasteiger partial charge is 0.251 e. The van der Waals surface area contributed by atoms with Crippen molar-refractivity contribution in [3.63, 3.8) is 0 Å². The number of hydrogen-bond acceptors (Lipinski definition) is 3. The minimum Gasteiger partial charge on any atom is -0.343 e. The van der Waals surface area contributed by atoms with Crippen LogP contribution in [-0.4, -0.2) is 37.3 Å². The molecule has 0 radical (unpaired) electrons. The molecule has 152 valence electrons. The minimum absolute atomic E-state index is 0.0362. The second-order valence-electron chi connectivity index (χ2n) is 7.58. The number of nitrogens with one attached hydrogen (secondary N) is 3. The van der Waals surface area contributed by atoms with Gasteiger partial charge in [-0.1, -0.05) is 42.5 Å². The molecular formula is C24H19N5OS. The lowest BCUT2D eigenvalue weighted by Crippen LogP contribution is -2.23. The van der Waals surface area contributed by atoms with E-state index in [1.54, 1.807) is 0 Å². The monoisotopic (exact) mass is 425 g/mol. The molecule has 0 aliphatic carbocycles. The molecule has 1 aliphatic heterocycles. The first-order valence-electron chi connectivity index (χ1n) is 10.1. The average molecular weight is 426 g/mol. The van der Waals surface area contributed by atoms with Gasteiger partial charge in [0, 0.05) is 16.7 Å². The molecule has 7 heteroatoms. The molecule has 0 saturated carbocycles. The average Bonchev–Trinajstić information content (AvgIpc) is 3.52. The fraction of sp³-hybridized carbons (Fsp3) is 0.0833. The van der Waals surface area contributed by atoms with E-state index in [0.717, 1.165) is 33.4 Å². The maximum absolute atomic E-state index is 12.8. The van der Waals surface area contributed by atoms with Crippen LogP contribution in [0.4, 0.5) is 0 Å². The van der Waals surface area contributed by atoms with Gasteiger partial charge in [0.2, 0.25) is 0 Å². The van der Waals surface area contributed by atoms with E-state index < -0.39 is 0 Å². The third-order valence-corrected chi connectivity index (χ3v) is 7.33. The maximum Gasteiger partial charge on any atom is 0.251 e. The highest BCUT2D eigenvalue weighted by molar-refractivity contribution is 8.14. The molecule has 3 N–H and O–H groups in total. The van der Waals surface area contributed by atoms with E-state index >= 15 is 0 Å². The highest BCUT2D eigenvalue weighted by atomic mass is 32.2. The fourth-order valence-corrected chi connectivity index (χ4v) is 5.80. The van der Waals surface area contributed by atoms with E-state index in [9.17, 15) is 4.79 Å². The summed E-state index contributed by atoms with van der Waals surface area (Å²) < 4.78 is 0. The fourth-order valence-electron chi connectivity index (χ4n) is 3.96. The van der Waals surface area contributed by atoms with E-state index in [0.29, 0.717) is 17.3 Å². The first-order valence-corrected chi connectivity index (χ1v) is 11.7. The lowest BCUT2D eigenvalue weighted by molar-refractivity contribution is 0.0961. The number of H-pyrrole nitrogens is 2. The summed E-state index contributed by atoms with van der Waals surface area (Å²) in [6.45, 7) is 0. The molecule has 1 atom stereocenters. The van der Waals surface area contributed by atoms with Gasteiger partial charge in [-0.2, -0.15) is 15.6 Å². The van der Waals surface area contributed by atoms with Crippen molar-refractivity contribution in [1.82, 2.24) is 25.5 Å². The predicted molar refractivity (Wildman–Crippen MR) is 126 cm³/mol. The summed E-state index contributed by atoms with van der Waals surface area (Å²) in [4.78, 5) is 20.7. The summed E-state index contributed by atoms with van der Waals surface area (Å²) >= 11 is 0. The Morgan fingerprint density at radius 2 is 1.90 bits per heavy atom. The molecule has 3 heterocycles. The molecule has 0 fully saturated rings. The van der Waals surface area contributed by atoms with Gasteiger partial charge in [-0.25, -0.2) is 4.98 Å². The number of aromatic amines is 2. The number of imidazole rings is 1. The van der Waals surface area contributed by atoms with Gasteiger partial charge < -0.3 is 10.3 Å².